The van der Waals surface area contributed by atoms with E-state index >= 15 is 0 Å². The van der Waals surface area contributed by atoms with Crippen LogP contribution in [0.1, 0.15) is 9.67 Å². The number of primary amides is 1. The van der Waals surface area contributed by atoms with Crippen molar-refractivity contribution in [3.8, 4) is 0 Å². The summed E-state index contributed by atoms with van der Waals surface area (Å²) in [5.41, 5.74) is 11.4. The van der Waals surface area contributed by atoms with Crippen LogP contribution in [0, 0.1) is 0 Å². The van der Waals surface area contributed by atoms with E-state index in [0.29, 0.717) is 14.4 Å². The van der Waals surface area contributed by atoms with Gasteiger partial charge >= 0.3 is 0 Å². The summed E-state index contributed by atoms with van der Waals surface area (Å²) in [4.78, 5) is 11.5. The third-order valence-corrected chi connectivity index (χ3v) is 7.48. The third-order valence-electron chi connectivity index (χ3n) is 2.67. The molecule has 0 aliphatic heterocycles. The Labute approximate surface area is 138 Å². The minimum absolute atomic E-state index is 0.0345. The van der Waals surface area contributed by atoms with Gasteiger partial charge in [-0.3, -0.25) is 4.79 Å². The lowest BCUT2D eigenvalue weighted by atomic mass is 10.3. The number of anilines is 1. The topological polar surface area (TPSA) is 103 Å². The van der Waals surface area contributed by atoms with Crippen molar-refractivity contribution in [3.63, 3.8) is 0 Å². The molecule has 2 rings (SSSR count). The van der Waals surface area contributed by atoms with Crippen molar-refractivity contribution >= 4 is 60.5 Å². The number of carbonyl (C=O) groups excluding carboxylic acids is 1. The first-order chi connectivity index (χ1) is 9.77. The van der Waals surface area contributed by atoms with Gasteiger partial charge in [0, 0.05) is 10.2 Å². The van der Waals surface area contributed by atoms with Gasteiger partial charge in [0.2, 0.25) is 9.84 Å². The number of benzene rings is 1. The fourth-order valence-electron chi connectivity index (χ4n) is 1.63. The highest BCUT2D eigenvalue weighted by Crippen LogP contribution is 2.36. The number of nitrogens with two attached hydrogens (primary N) is 2. The van der Waals surface area contributed by atoms with Gasteiger partial charge in [0.05, 0.1) is 14.0 Å². The smallest absolute Gasteiger partial charge is 0.260 e. The van der Waals surface area contributed by atoms with Crippen LogP contribution >= 0.6 is 39.0 Å². The van der Waals surface area contributed by atoms with Crippen molar-refractivity contribution in [2.24, 2.45) is 5.73 Å². The quantitative estimate of drug-likeness (QED) is 0.599. The number of thiophene rings is 1. The maximum atomic E-state index is 12.7. The summed E-state index contributed by atoms with van der Waals surface area (Å²) in [5, 5.41) is 0. The van der Waals surface area contributed by atoms with Gasteiger partial charge in [-0.05, 0) is 46.5 Å². The molecule has 9 heteroatoms. The Hall–Kier alpha value is -1.03. The van der Waals surface area contributed by atoms with Gasteiger partial charge in [-0.25, -0.2) is 8.42 Å². The van der Waals surface area contributed by atoms with Crippen LogP contribution in [0.2, 0.25) is 0 Å². The van der Waals surface area contributed by atoms with E-state index in [2.05, 4.69) is 15.9 Å². The summed E-state index contributed by atoms with van der Waals surface area (Å²) in [6, 6.07) is 5.76. The second kappa shape index (κ2) is 5.99. The van der Waals surface area contributed by atoms with Gasteiger partial charge in [0.15, 0.2) is 0 Å². The lowest BCUT2D eigenvalue weighted by Crippen LogP contribution is -2.14. The number of hydrogen-bond acceptors (Lipinski definition) is 6. The Bertz CT molecular complexity index is 815. The predicted octanol–water partition coefficient (Wildman–Crippen LogP) is 2.75. The molecule has 0 radical (unpaired) electrons. The van der Waals surface area contributed by atoms with Gasteiger partial charge in [-0.15, -0.1) is 23.1 Å². The Morgan fingerprint density at radius 1 is 1.33 bits per heavy atom. The molecule has 4 N–H and O–H groups in total. The lowest BCUT2D eigenvalue weighted by molar-refractivity contribution is 0.100. The van der Waals surface area contributed by atoms with Gasteiger partial charge in [-0.1, -0.05) is 0 Å². The fourth-order valence-corrected chi connectivity index (χ4v) is 5.61. The van der Waals surface area contributed by atoms with Crippen molar-refractivity contribution in [1.82, 2.24) is 0 Å². The van der Waals surface area contributed by atoms with Crippen LogP contribution in [0.3, 0.4) is 0 Å². The summed E-state index contributed by atoms with van der Waals surface area (Å²) >= 11 is 5.62. The number of carbonyl (C=O) groups is 1. The normalized spacial score (nSPS) is 11.5. The van der Waals surface area contributed by atoms with Gasteiger partial charge < -0.3 is 11.5 Å². The molecule has 0 spiro atoms. The summed E-state index contributed by atoms with van der Waals surface area (Å²) in [5.74, 6) is -0.756. The van der Waals surface area contributed by atoms with Crippen LogP contribution in [-0.2, 0) is 9.84 Å². The number of amides is 1. The molecule has 0 unspecified atom stereocenters. The van der Waals surface area contributed by atoms with Crippen molar-refractivity contribution in [1.29, 1.82) is 0 Å². The second-order valence-corrected chi connectivity index (χ2v) is 8.95. The molecule has 0 bridgehead atoms. The molecule has 0 fully saturated rings. The molecule has 0 saturated heterocycles. The maximum absolute atomic E-state index is 12.7. The second-order valence-electron chi connectivity index (χ2n) is 4.01. The summed E-state index contributed by atoms with van der Waals surface area (Å²) in [7, 11) is -3.83. The van der Waals surface area contributed by atoms with Crippen LogP contribution < -0.4 is 11.5 Å². The summed E-state index contributed by atoms with van der Waals surface area (Å²) in [6.45, 7) is 0. The van der Waals surface area contributed by atoms with Crippen LogP contribution in [0.15, 0.2) is 42.7 Å². The zero-order valence-electron chi connectivity index (χ0n) is 10.8. The van der Waals surface area contributed by atoms with E-state index in [0.717, 1.165) is 11.3 Å². The van der Waals surface area contributed by atoms with Gasteiger partial charge in [0.25, 0.3) is 5.91 Å². The molecular weight excluding hydrogens is 396 g/mol. The maximum Gasteiger partial charge on any atom is 0.260 e. The molecule has 0 aliphatic rings. The van der Waals surface area contributed by atoms with Crippen LogP contribution in [-0.4, -0.2) is 20.6 Å². The van der Waals surface area contributed by atoms with Crippen LogP contribution in [0.5, 0.6) is 0 Å². The molecule has 1 aromatic heterocycles. The molecule has 2 aromatic rings. The Morgan fingerprint density at radius 3 is 2.52 bits per heavy atom. The largest absolute Gasteiger partial charge is 0.398 e. The predicted molar refractivity (Wildman–Crippen MR) is 88.6 cm³/mol. The van der Waals surface area contributed by atoms with Crippen LogP contribution in [0.25, 0.3) is 0 Å². The molecule has 0 aliphatic carbocycles. The number of sulfone groups is 1. The highest BCUT2D eigenvalue weighted by Gasteiger charge is 2.27. The zero-order chi connectivity index (χ0) is 15.8. The number of hydrogen-bond donors (Lipinski definition) is 2. The highest BCUT2D eigenvalue weighted by molar-refractivity contribution is 9.10. The van der Waals surface area contributed by atoms with E-state index in [4.69, 9.17) is 11.5 Å². The summed E-state index contributed by atoms with van der Waals surface area (Å²) in [6.07, 6.45) is 1.80. The first-order valence-electron chi connectivity index (χ1n) is 5.55. The molecule has 5 nitrogen and oxygen atoms in total. The minimum atomic E-state index is -3.83. The van der Waals surface area contributed by atoms with Crippen molar-refractivity contribution in [2.75, 3.05) is 12.0 Å². The molecule has 1 heterocycles. The van der Waals surface area contributed by atoms with E-state index in [-0.39, 0.29) is 14.7 Å². The van der Waals surface area contributed by atoms with E-state index in [1.807, 2.05) is 0 Å². The molecule has 112 valence electrons. The number of rotatable bonds is 4. The van der Waals surface area contributed by atoms with Gasteiger partial charge in [0.1, 0.15) is 4.88 Å². The highest BCUT2D eigenvalue weighted by atomic mass is 79.9. The van der Waals surface area contributed by atoms with Crippen LogP contribution in [0.4, 0.5) is 5.69 Å². The molecule has 0 saturated carbocycles. The average molecular weight is 407 g/mol. The van der Waals surface area contributed by atoms with Gasteiger partial charge in [-0.2, -0.15) is 0 Å². The first-order valence-corrected chi connectivity index (χ1v) is 9.87. The van der Waals surface area contributed by atoms with Crippen molar-refractivity contribution in [2.45, 2.75) is 14.0 Å². The van der Waals surface area contributed by atoms with E-state index < -0.39 is 15.7 Å². The third kappa shape index (κ3) is 3.10. The van der Waals surface area contributed by atoms with E-state index in [1.165, 1.54) is 36.0 Å². The number of thioether (sulfide) groups is 1. The summed E-state index contributed by atoms with van der Waals surface area (Å²) < 4.78 is 26.5. The standard InChI is InChI=1S/C12H11BrN2O3S3/c1-19-10-5-9(11(20-10)12(15)16)21(17,18)6-2-3-8(14)7(13)4-6/h2-5H,14H2,1H3,(H2,15,16). The molecule has 0 atom stereocenters. The van der Waals surface area contributed by atoms with E-state index in [9.17, 15) is 13.2 Å². The number of halogens is 1. The molecule has 1 aromatic carbocycles. The molecular formula is C12H11BrN2O3S3. The lowest BCUT2D eigenvalue weighted by Gasteiger charge is -2.06. The van der Waals surface area contributed by atoms with E-state index in [1.54, 1.807) is 6.26 Å². The fraction of sp³-hybridized carbons (Fsp3) is 0.0833. The first kappa shape index (κ1) is 16.3. The molecule has 21 heavy (non-hydrogen) atoms. The monoisotopic (exact) mass is 406 g/mol. The minimum Gasteiger partial charge on any atom is -0.398 e. The number of nitrogen functional groups attached to an aromatic ring is 1. The Morgan fingerprint density at radius 2 is 2.00 bits per heavy atom. The molecule has 1 amide bonds. The SMILES string of the molecule is CSc1cc(S(=O)(=O)c2ccc(N)c(Br)c2)c(C(N)=O)s1. The zero-order valence-corrected chi connectivity index (χ0v) is 14.8. The van der Waals surface area contributed by atoms with Crippen molar-refractivity contribution in [3.05, 3.63) is 33.6 Å². The Balaban J connectivity index is 2.66. The average Bonchev–Trinajstić information content (AvgIpc) is 2.87. The Kier molecular flexibility index (Phi) is 4.66. The van der Waals surface area contributed by atoms with Crippen molar-refractivity contribution < 1.29 is 13.2 Å².